The summed E-state index contributed by atoms with van der Waals surface area (Å²) < 4.78 is 21.5. The number of aromatic amines is 1. The minimum atomic E-state index is -0.314. The van der Waals surface area contributed by atoms with Crippen molar-refractivity contribution in [1.82, 2.24) is 19.9 Å². The molecule has 3 N–H and O–H groups in total. The molecule has 2 aliphatic rings. The van der Waals surface area contributed by atoms with Crippen molar-refractivity contribution in [2.75, 3.05) is 66.7 Å². The number of hydrogen-bond donors (Lipinski definition) is 3. The number of amides is 1. The number of benzene rings is 2. The zero-order valence-corrected chi connectivity index (χ0v) is 23.0. The van der Waals surface area contributed by atoms with Crippen molar-refractivity contribution >= 4 is 45.6 Å². The van der Waals surface area contributed by atoms with Crippen LogP contribution in [0.25, 0.3) is 11.0 Å². The average Bonchev–Trinajstić information content (AvgIpc) is 3.64. The zero-order chi connectivity index (χ0) is 28.3. The van der Waals surface area contributed by atoms with Gasteiger partial charge in [0.1, 0.15) is 22.6 Å². The topological polar surface area (TPSA) is 102 Å². The van der Waals surface area contributed by atoms with E-state index in [9.17, 15) is 4.79 Å². The van der Waals surface area contributed by atoms with Crippen LogP contribution in [0.5, 0.6) is 11.6 Å². The summed E-state index contributed by atoms with van der Waals surface area (Å²) >= 11 is 0. The number of halogens is 1. The molecular formula is C30H33FN8O2. The molecule has 4 aromatic rings. The molecule has 2 aromatic carbocycles. The fourth-order valence-corrected chi connectivity index (χ4v) is 5.28. The van der Waals surface area contributed by atoms with Gasteiger partial charge in [0.25, 0.3) is 0 Å². The van der Waals surface area contributed by atoms with Crippen LogP contribution in [0.4, 0.5) is 33.1 Å². The van der Waals surface area contributed by atoms with E-state index in [0.717, 1.165) is 63.2 Å². The maximum atomic E-state index is 15.2. The molecule has 2 aromatic heterocycles. The van der Waals surface area contributed by atoms with Crippen LogP contribution in [0.2, 0.25) is 0 Å². The molecule has 0 saturated carbocycles. The van der Waals surface area contributed by atoms with Crippen molar-refractivity contribution in [2.45, 2.75) is 12.8 Å². The lowest BCUT2D eigenvalue weighted by Gasteiger charge is -2.34. The second-order valence-corrected chi connectivity index (χ2v) is 10.3. The molecule has 10 nitrogen and oxygen atoms in total. The highest BCUT2D eigenvalue weighted by Crippen LogP contribution is 2.38. The largest absolute Gasteiger partial charge is 0.438 e. The van der Waals surface area contributed by atoms with Crippen molar-refractivity contribution in [3.63, 3.8) is 0 Å². The number of anilines is 5. The predicted octanol–water partition coefficient (Wildman–Crippen LogP) is 5.11. The highest BCUT2D eigenvalue weighted by atomic mass is 19.1. The van der Waals surface area contributed by atoms with Gasteiger partial charge in [-0.15, -0.1) is 0 Å². The molecule has 0 spiro atoms. The molecule has 2 fully saturated rings. The smallest absolute Gasteiger partial charge is 0.247 e. The number of nitrogens with zero attached hydrogens (tertiary/aromatic N) is 5. The summed E-state index contributed by atoms with van der Waals surface area (Å²) in [6.07, 6.45) is 5.36. The summed E-state index contributed by atoms with van der Waals surface area (Å²) in [6.45, 7) is 8.74. The van der Waals surface area contributed by atoms with Gasteiger partial charge < -0.3 is 35.1 Å². The molecule has 11 heteroatoms. The number of ether oxygens (including phenoxy) is 1. The Morgan fingerprint density at radius 2 is 1.78 bits per heavy atom. The van der Waals surface area contributed by atoms with Crippen LogP contribution in [0, 0.1) is 5.82 Å². The maximum Gasteiger partial charge on any atom is 0.247 e. The van der Waals surface area contributed by atoms with Gasteiger partial charge in [0.15, 0.2) is 0 Å². The highest BCUT2D eigenvalue weighted by molar-refractivity contribution is 5.99. The second-order valence-electron chi connectivity index (χ2n) is 10.3. The van der Waals surface area contributed by atoms with Gasteiger partial charge in [0.2, 0.25) is 17.7 Å². The Morgan fingerprint density at radius 3 is 2.54 bits per heavy atom. The van der Waals surface area contributed by atoms with E-state index in [0.29, 0.717) is 34.3 Å². The fourth-order valence-electron chi connectivity index (χ4n) is 5.28. The quantitative estimate of drug-likeness (QED) is 0.258. The molecule has 0 atom stereocenters. The van der Waals surface area contributed by atoms with Gasteiger partial charge in [-0.1, -0.05) is 12.6 Å². The Bertz CT molecular complexity index is 1570. The summed E-state index contributed by atoms with van der Waals surface area (Å²) in [5.41, 5.74) is 3.27. The van der Waals surface area contributed by atoms with Crippen molar-refractivity contribution in [3.05, 3.63) is 67.1 Å². The number of rotatable bonds is 8. The Balaban J connectivity index is 1.31. The maximum absolute atomic E-state index is 15.2. The Hall–Kier alpha value is -4.64. The third-order valence-corrected chi connectivity index (χ3v) is 7.47. The van der Waals surface area contributed by atoms with Crippen LogP contribution >= 0.6 is 0 Å². The van der Waals surface area contributed by atoms with Crippen LogP contribution in [0.1, 0.15) is 12.8 Å². The number of nitrogens with one attached hydrogen (secondary N) is 3. The van der Waals surface area contributed by atoms with Gasteiger partial charge in [-0.2, -0.15) is 9.97 Å². The number of fused-ring (bicyclic) bond motifs is 1. The molecule has 41 heavy (non-hydrogen) atoms. The second kappa shape index (κ2) is 11.5. The summed E-state index contributed by atoms with van der Waals surface area (Å²) in [5.74, 6) is 0.499. The molecule has 0 unspecified atom stereocenters. The predicted molar refractivity (Wildman–Crippen MR) is 160 cm³/mol. The van der Waals surface area contributed by atoms with Gasteiger partial charge in [-0.25, -0.2) is 4.39 Å². The number of hydrogen-bond acceptors (Lipinski definition) is 8. The first-order valence-corrected chi connectivity index (χ1v) is 13.8. The monoisotopic (exact) mass is 556 g/mol. The molecule has 4 heterocycles. The van der Waals surface area contributed by atoms with E-state index in [1.165, 1.54) is 12.1 Å². The molecular weight excluding hydrogens is 523 g/mol. The standard InChI is InChI=1S/C30H33FN8O2/c1-3-26(40)33-20-7-6-8-22(17-20)41-29-27-25(38-11-4-5-12-38)19-32-28(27)35-30(36-29)34-21-9-10-24(23(31)18-21)39-15-13-37(2)14-16-39/h3,6-10,17-19H,1,4-5,11-16H2,2H3,(H,33,40)(H2,32,34,35,36). The van der Waals surface area contributed by atoms with E-state index < -0.39 is 0 Å². The Labute approximate surface area is 237 Å². The Kier molecular flexibility index (Phi) is 7.43. The number of carbonyl (C=O) groups excluding carboxylic acids is 1. The average molecular weight is 557 g/mol. The van der Waals surface area contributed by atoms with Gasteiger partial charge in [0.05, 0.1) is 11.4 Å². The normalized spacial score (nSPS) is 15.8. The lowest BCUT2D eigenvalue weighted by molar-refractivity contribution is -0.111. The third kappa shape index (κ3) is 5.80. The van der Waals surface area contributed by atoms with E-state index in [-0.39, 0.29) is 17.7 Å². The first-order valence-electron chi connectivity index (χ1n) is 13.8. The molecule has 2 saturated heterocycles. The van der Waals surface area contributed by atoms with Gasteiger partial charge in [-0.3, -0.25) is 4.79 Å². The first-order chi connectivity index (χ1) is 20.0. The molecule has 1 amide bonds. The van der Waals surface area contributed by atoms with Gasteiger partial charge in [0, 0.05) is 62.9 Å². The van der Waals surface area contributed by atoms with Crippen LogP contribution < -0.4 is 25.2 Å². The summed E-state index contributed by atoms with van der Waals surface area (Å²) in [6, 6.07) is 12.2. The van der Waals surface area contributed by atoms with Crippen molar-refractivity contribution in [1.29, 1.82) is 0 Å². The minimum absolute atomic E-state index is 0.269. The zero-order valence-electron chi connectivity index (χ0n) is 23.0. The van der Waals surface area contributed by atoms with Crippen LogP contribution in [0.15, 0.2) is 61.3 Å². The van der Waals surface area contributed by atoms with Crippen molar-refractivity contribution in [2.24, 2.45) is 0 Å². The minimum Gasteiger partial charge on any atom is -0.438 e. The van der Waals surface area contributed by atoms with Crippen LogP contribution in [-0.2, 0) is 4.79 Å². The third-order valence-electron chi connectivity index (χ3n) is 7.47. The van der Waals surface area contributed by atoms with E-state index >= 15 is 4.39 Å². The van der Waals surface area contributed by atoms with Crippen molar-refractivity contribution in [3.8, 4) is 11.6 Å². The van der Waals surface area contributed by atoms with Crippen LogP contribution in [0.3, 0.4) is 0 Å². The molecule has 212 valence electrons. The fraction of sp³-hybridized carbons (Fsp3) is 0.300. The van der Waals surface area contributed by atoms with E-state index in [1.807, 2.05) is 12.3 Å². The first kappa shape index (κ1) is 26.6. The molecule has 0 bridgehead atoms. The van der Waals surface area contributed by atoms with Crippen LogP contribution in [-0.4, -0.2) is 72.1 Å². The van der Waals surface area contributed by atoms with Crippen molar-refractivity contribution < 1.29 is 13.9 Å². The number of likely N-dealkylation sites (N-methyl/N-ethyl adjacent to an activating group) is 1. The van der Waals surface area contributed by atoms with E-state index in [4.69, 9.17) is 14.7 Å². The van der Waals surface area contributed by atoms with Gasteiger partial charge >= 0.3 is 0 Å². The SMILES string of the molecule is C=CC(=O)Nc1cccc(Oc2nc(Nc3ccc(N4CCN(C)CC4)c(F)c3)nc3[nH]cc(N4CCCC4)c23)c1. The molecule has 6 rings (SSSR count). The summed E-state index contributed by atoms with van der Waals surface area (Å²) in [5, 5.41) is 6.66. The highest BCUT2D eigenvalue weighted by Gasteiger charge is 2.23. The number of piperazine rings is 1. The van der Waals surface area contributed by atoms with Gasteiger partial charge in [-0.05, 0) is 56.3 Å². The molecule has 0 radical (unpaired) electrons. The number of H-pyrrole nitrogens is 1. The Morgan fingerprint density at radius 1 is 1.00 bits per heavy atom. The lowest BCUT2D eigenvalue weighted by atomic mass is 10.2. The molecule has 0 aliphatic carbocycles. The van der Waals surface area contributed by atoms with E-state index in [1.54, 1.807) is 30.3 Å². The number of carbonyl (C=O) groups is 1. The summed E-state index contributed by atoms with van der Waals surface area (Å²) in [4.78, 5) is 31.1. The lowest BCUT2D eigenvalue weighted by Crippen LogP contribution is -2.44. The van der Waals surface area contributed by atoms with E-state index in [2.05, 4.69) is 43.9 Å². The molecule has 2 aliphatic heterocycles. The number of aromatic nitrogens is 3. The summed E-state index contributed by atoms with van der Waals surface area (Å²) in [7, 11) is 2.07.